The molecule has 0 aliphatic carbocycles. The van der Waals surface area contributed by atoms with E-state index in [2.05, 4.69) is 21.0 Å². The maximum absolute atomic E-state index is 11.7. The van der Waals surface area contributed by atoms with Crippen molar-refractivity contribution in [2.75, 3.05) is 19.6 Å². The van der Waals surface area contributed by atoms with E-state index < -0.39 is 0 Å². The number of halogens is 2. The van der Waals surface area contributed by atoms with Crippen LogP contribution in [0.15, 0.2) is 5.38 Å². The van der Waals surface area contributed by atoms with Gasteiger partial charge in [0, 0.05) is 24.2 Å². The van der Waals surface area contributed by atoms with E-state index in [0.29, 0.717) is 0 Å². The van der Waals surface area contributed by atoms with Gasteiger partial charge in [-0.3, -0.25) is 4.79 Å². The second-order valence-corrected chi connectivity index (χ2v) is 5.76. The standard InChI is InChI=1S/C13H21N3OS.2ClH/c1-10-9-18-12(16-10)4-2-3-6-15-13(17)11-5-7-14-8-11;;/h9,11,14H,2-8H2,1H3,(H,15,17);2*1H. The van der Waals surface area contributed by atoms with E-state index in [1.165, 1.54) is 5.01 Å². The van der Waals surface area contributed by atoms with Gasteiger partial charge in [0.25, 0.3) is 0 Å². The Balaban J connectivity index is 0.00000180. The predicted octanol–water partition coefficient (Wildman–Crippen LogP) is 2.34. The molecule has 4 nitrogen and oxygen atoms in total. The van der Waals surface area contributed by atoms with Crippen molar-refractivity contribution in [1.82, 2.24) is 15.6 Å². The lowest BCUT2D eigenvalue weighted by Gasteiger charge is -2.09. The third kappa shape index (κ3) is 6.39. The van der Waals surface area contributed by atoms with E-state index in [0.717, 1.165) is 51.0 Å². The molecule has 0 saturated carbocycles. The first kappa shape index (κ1) is 19.6. The van der Waals surface area contributed by atoms with Crippen LogP contribution >= 0.6 is 36.2 Å². The van der Waals surface area contributed by atoms with Crippen LogP contribution in [0.2, 0.25) is 0 Å². The normalized spacial score (nSPS) is 17.1. The Bertz CT molecular complexity index is 395. The molecule has 2 heterocycles. The third-order valence-electron chi connectivity index (χ3n) is 3.21. The number of aromatic nitrogens is 1. The van der Waals surface area contributed by atoms with Gasteiger partial charge in [-0.25, -0.2) is 4.98 Å². The summed E-state index contributed by atoms with van der Waals surface area (Å²) >= 11 is 1.73. The van der Waals surface area contributed by atoms with Crippen molar-refractivity contribution in [2.45, 2.75) is 32.6 Å². The zero-order valence-electron chi connectivity index (χ0n) is 11.7. The van der Waals surface area contributed by atoms with E-state index in [9.17, 15) is 4.79 Å². The number of thiazole rings is 1. The molecule has 1 aromatic rings. The van der Waals surface area contributed by atoms with Gasteiger partial charge in [0.15, 0.2) is 0 Å². The van der Waals surface area contributed by atoms with Crippen LogP contribution in [-0.4, -0.2) is 30.5 Å². The van der Waals surface area contributed by atoms with Gasteiger partial charge < -0.3 is 10.6 Å². The molecular formula is C13H23Cl2N3OS. The summed E-state index contributed by atoms with van der Waals surface area (Å²) in [5, 5.41) is 9.53. The highest BCUT2D eigenvalue weighted by molar-refractivity contribution is 7.09. The van der Waals surface area contributed by atoms with Crippen LogP contribution in [0.3, 0.4) is 0 Å². The third-order valence-corrected chi connectivity index (χ3v) is 4.24. The fourth-order valence-corrected chi connectivity index (χ4v) is 2.97. The van der Waals surface area contributed by atoms with Crippen LogP contribution in [0, 0.1) is 12.8 Å². The number of nitrogens with one attached hydrogen (secondary N) is 2. The quantitative estimate of drug-likeness (QED) is 0.782. The number of unbranched alkanes of at least 4 members (excludes halogenated alkanes) is 1. The van der Waals surface area contributed by atoms with Gasteiger partial charge in [-0.2, -0.15) is 0 Å². The van der Waals surface area contributed by atoms with Crippen molar-refractivity contribution in [3.63, 3.8) is 0 Å². The number of carbonyl (C=O) groups excluding carboxylic acids is 1. The molecular weight excluding hydrogens is 317 g/mol. The zero-order valence-corrected chi connectivity index (χ0v) is 14.1. The molecule has 1 aliphatic rings. The minimum atomic E-state index is 0. The molecule has 1 aromatic heterocycles. The largest absolute Gasteiger partial charge is 0.356 e. The van der Waals surface area contributed by atoms with Gasteiger partial charge in [-0.15, -0.1) is 36.2 Å². The van der Waals surface area contributed by atoms with E-state index in [4.69, 9.17) is 0 Å². The van der Waals surface area contributed by atoms with Crippen LogP contribution in [0.5, 0.6) is 0 Å². The summed E-state index contributed by atoms with van der Waals surface area (Å²) in [6.45, 7) is 4.63. The van der Waals surface area contributed by atoms with Gasteiger partial charge in [-0.05, 0) is 39.2 Å². The number of hydrogen-bond acceptors (Lipinski definition) is 4. The van der Waals surface area contributed by atoms with Gasteiger partial charge in [0.1, 0.15) is 0 Å². The lowest BCUT2D eigenvalue weighted by Crippen LogP contribution is -2.32. The highest BCUT2D eigenvalue weighted by Gasteiger charge is 2.21. The number of amides is 1. The van der Waals surface area contributed by atoms with Crippen LogP contribution in [0.25, 0.3) is 0 Å². The summed E-state index contributed by atoms with van der Waals surface area (Å²) < 4.78 is 0. The Morgan fingerprint density at radius 1 is 1.50 bits per heavy atom. The SMILES string of the molecule is Cc1csc(CCCCNC(=O)C2CCNC2)n1.Cl.Cl. The first-order valence-electron chi connectivity index (χ1n) is 6.65. The van der Waals surface area contributed by atoms with Crippen molar-refractivity contribution in [3.8, 4) is 0 Å². The second kappa shape index (κ2) is 10.4. The molecule has 2 rings (SSSR count). The van der Waals surface area contributed by atoms with Crippen LogP contribution in [-0.2, 0) is 11.2 Å². The Hall–Kier alpha value is -0.360. The monoisotopic (exact) mass is 339 g/mol. The molecule has 20 heavy (non-hydrogen) atoms. The van der Waals surface area contributed by atoms with Crippen molar-refractivity contribution in [3.05, 3.63) is 16.1 Å². The molecule has 1 atom stereocenters. The number of carbonyl (C=O) groups is 1. The summed E-state index contributed by atoms with van der Waals surface area (Å²) in [5.74, 6) is 0.400. The van der Waals surface area contributed by atoms with Crippen LogP contribution in [0.4, 0.5) is 0 Å². The number of hydrogen-bond donors (Lipinski definition) is 2. The minimum absolute atomic E-state index is 0. The van der Waals surface area contributed by atoms with Crippen molar-refractivity contribution < 1.29 is 4.79 Å². The van der Waals surface area contributed by atoms with E-state index in [1.54, 1.807) is 11.3 Å². The summed E-state index contributed by atoms with van der Waals surface area (Å²) in [7, 11) is 0. The highest BCUT2D eigenvalue weighted by atomic mass is 35.5. The Morgan fingerprint density at radius 2 is 2.30 bits per heavy atom. The van der Waals surface area contributed by atoms with E-state index >= 15 is 0 Å². The fraction of sp³-hybridized carbons (Fsp3) is 0.692. The molecule has 2 N–H and O–H groups in total. The maximum atomic E-state index is 11.7. The zero-order chi connectivity index (χ0) is 12.8. The molecule has 1 unspecified atom stereocenters. The Morgan fingerprint density at radius 3 is 2.90 bits per heavy atom. The number of aryl methyl sites for hydroxylation is 2. The van der Waals surface area contributed by atoms with Crippen molar-refractivity contribution >= 4 is 42.1 Å². The van der Waals surface area contributed by atoms with Gasteiger partial charge >= 0.3 is 0 Å². The molecule has 0 bridgehead atoms. The summed E-state index contributed by atoms with van der Waals surface area (Å²) in [4.78, 5) is 16.1. The molecule has 0 aromatic carbocycles. The Kier molecular flexibility index (Phi) is 10.2. The van der Waals surface area contributed by atoms with Crippen LogP contribution < -0.4 is 10.6 Å². The number of nitrogens with zero attached hydrogens (tertiary/aromatic N) is 1. The lowest BCUT2D eigenvalue weighted by atomic mass is 10.1. The number of rotatable bonds is 6. The summed E-state index contributed by atoms with van der Waals surface area (Å²) in [6, 6.07) is 0. The summed E-state index contributed by atoms with van der Waals surface area (Å²) in [6.07, 6.45) is 4.13. The molecule has 116 valence electrons. The maximum Gasteiger partial charge on any atom is 0.224 e. The molecule has 7 heteroatoms. The minimum Gasteiger partial charge on any atom is -0.356 e. The van der Waals surface area contributed by atoms with Gasteiger partial charge in [0.2, 0.25) is 5.91 Å². The molecule has 0 radical (unpaired) electrons. The molecule has 1 saturated heterocycles. The second-order valence-electron chi connectivity index (χ2n) is 4.82. The predicted molar refractivity (Wildman–Crippen MR) is 88.3 cm³/mol. The topological polar surface area (TPSA) is 54.0 Å². The molecule has 1 fully saturated rings. The van der Waals surface area contributed by atoms with Gasteiger partial charge in [0.05, 0.1) is 10.9 Å². The van der Waals surface area contributed by atoms with Crippen LogP contribution in [0.1, 0.15) is 30.0 Å². The smallest absolute Gasteiger partial charge is 0.224 e. The molecule has 0 spiro atoms. The Labute approximate surface area is 137 Å². The van der Waals surface area contributed by atoms with E-state index in [-0.39, 0.29) is 36.6 Å². The van der Waals surface area contributed by atoms with Gasteiger partial charge in [-0.1, -0.05) is 0 Å². The average Bonchev–Trinajstić information content (AvgIpc) is 2.99. The first-order valence-corrected chi connectivity index (χ1v) is 7.53. The highest BCUT2D eigenvalue weighted by Crippen LogP contribution is 2.11. The molecule has 1 aliphatic heterocycles. The first-order chi connectivity index (χ1) is 8.75. The summed E-state index contributed by atoms with van der Waals surface area (Å²) in [5.41, 5.74) is 1.11. The molecule has 1 amide bonds. The fourth-order valence-electron chi connectivity index (χ4n) is 2.15. The average molecular weight is 340 g/mol. The van der Waals surface area contributed by atoms with Crippen molar-refractivity contribution in [1.29, 1.82) is 0 Å². The van der Waals surface area contributed by atoms with E-state index in [1.807, 2.05) is 6.92 Å². The lowest BCUT2D eigenvalue weighted by molar-refractivity contribution is -0.124. The van der Waals surface area contributed by atoms with Crippen molar-refractivity contribution in [2.24, 2.45) is 5.92 Å².